The van der Waals surface area contributed by atoms with Crippen LogP contribution in [0.5, 0.6) is 5.75 Å². The molecule has 0 bridgehead atoms. The first kappa shape index (κ1) is 20.7. The molecule has 0 aliphatic carbocycles. The molecule has 0 spiro atoms. The molecule has 29 heavy (non-hydrogen) atoms. The first-order valence-electron chi connectivity index (χ1n) is 8.79. The first-order chi connectivity index (χ1) is 13.7. The highest BCUT2D eigenvalue weighted by Gasteiger charge is 2.22. The van der Waals surface area contributed by atoms with Crippen molar-refractivity contribution < 1.29 is 17.5 Å². The molecule has 0 fully saturated rings. The van der Waals surface area contributed by atoms with Crippen LogP contribution in [0.4, 0.5) is 10.2 Å². The Morgan fingerprint density at radius 3 is 2.41 bits per heavy atom. The summed E-state index contributed by atoms with van der Waals surface area (Å²) in [5, 5.41) is 0. The van der Waals surface area contributed by atoms with Gasteiger partial charge in [-0.25, -0.2) is 22.5 Å². The Balaban J connectivity index is 2.12. The lowest BCUT2D eigenvalue weighted by molar-refractivity contribution is 0.414. The fourth-order valence-corrected chi connectivity index (χ4v) is 4.30. The van der Waals surface area contributed by atoms with Gasteiger partial charge in [0.05, 0.1) is 30.1 Å². The van der Waals surface area contributed by atoms with E-state index in [0.29, 0.717) is 22.6 Å². The summed E-state index contributed by atoms with van der Waals surface area (Å²) >= 11 is 0. The summed E-state index contributed by atoms with van der Waals surface area (Å²) < 4.78 is 48.1. The molecule has 3 aromatic rings. The standard InChI is InChI=1S/C20H21FN4O3S/c1-12(2)25-29(26,27)19-7-5-14(28-3)9-16(19)13-4-6-15(17(21)8-13)18-10-24-20(22)11-23-18/h4-12,25H,1-3H3,(H2,22,24). The number of hydrogen-bond donors (Lipinski definition) is 2. The predicted molar refractivity (Wildman–Crippen MR) is 109 cm³/mol. The molecule has 0 radical (unpaired) electrons. The third kappa shape index (κ3) is 4.52. The number of benzene rings is 2. The summed E-state index contributed by atoms with van der Waals surface area (Å²) in [6.45, 7) is 3.45. The maximum absolute atomic E-state index is 14.8. The van der Waals surface area contributed by atoms with Crippen LogP contribution in [0.15, 0.2) is 53.7 Å². The molecular formula is C20H21FN4O3S. The van der Waals surface area contributed by atoms with Crippen molar-refractivity contribution in [2.24, 2.45) is 0 Å². The Morgan fingerprint density at radius 2 is 1.83 bits per heavy atom. The van der Waals surface area contributed by atoms with E-state index < -0.39 is 15.8 Å². The second-order valence-electron chi connectivity index (χ2n) is 6.66. The Morgan fingerprint density at radius 1 is 1.07 bits per heavy atom. The Kier molecular flexibility index (Phi) is 5.81. The van der Waals surface area contributed by atoms with Crippen LogP contribution in [0.1, 0.15) is 13.8 Å². The van der Waals surface area contributed by atoms with Crippen molar-refractivity contribution in [3.63, 3.8) is 0 Å². The van der Waals surface area contributed by atoms with Crippen LogP contribution in [0, 0.1) is 5.82 Å². The number of nitrogens with one attached hydrogen (secondary N) is 1. The molecule has 0 atom stereocenters. The highest BCUT2D eigenvalue weighted by Crippen LogP contribution is 2.33. The molecule has 9 heteroatoms. The second-order valence-corrected chi connectivity index (χ2v) is 8.34. The van der Waals surface area contributed by atoms with Gasteiger partial charge < -0.3 is 10.5 Å². The number of rotatable bonds is 6. The average molecular weight is 416 g/mol. The van der Waals surface area contributed by atoms with Crippen molar-refractivity contribution in [3.05, 3.63) is 54.6 Å². The summed E-state index contributed by atoms with van der Waals surface area (Å²) in [4.78, 5) is 8.03. The largest absolute Gasteiger partial charge is 0.497 e. The Bertz CT molecular complexity index is 1130. The molecule has 152 valence electrons. The zero-order valence-corrected chi connectivity index (χ0v) is 17.0. The van der Waals surface area contributed by atoms with Crippen LogP contribution in [0.3, 0.4) is 0 Å². The topological polar surface area (TPSA) is 107 Å². The lowest BCUT2D eigenvalue weighted by atomic mass is 10.0. The van der Waals surface area contributed by atoms with Crippen molar-refractivity contribution in [2.45, 2.75) is 24.8 Å². The van der Waals surface area contributed by atoms with Crippen molar-refractivity contribution in [2.75, 3.05) is 12.8 Å². The SMILES string of the molecule is COc1ccc(S(=O)(=O)NC(C)C)c(-c2ccc(-c3cnc(N)cn3)c(F)c2)c1. The zero-order valence-electron chi connectivity index (χ0n) is 16.2. The smallest absolute Gasteiger partial charge is 0.241 e. The molecule has 0 saturated heterocycles. The average Bonchev–Trinajstić information content (AvgIpc) is 2.67. The number of halogens is 1. The van der Waals surface area contributed by atoms with Gasteiger partial charge in [-0.15, -0.1) is 0 Å². The summed E-state index contributed by atoms with van der Waals surface area (Å²) in [5.41, 5.74) is 6.78. The minimum atomic E-state index is -3.81. The summed E-state index contributed by atoms with van der Waals surface area (Å²) in [5.74, 6) is 0.122. The fourth-order valence-electron chi connectivity index (χ4n) is 2.84. The molecule has 3 rings (SSSR count). The number of hydrogen-bond acceptors (Lipinski definition) is 6. The third-order valence-electron chi connectivity index (χ3n) is 4.09. The normalized spacial score (nSPS) is 11.6. The molecule has 2 aromatic carbocycles. The van der Waals surface area contributed by atoms with Gasteiger partial charge in [-0.3, -0.25) is 4.98 Å². The predicted octanol–water partition coefficient (Wildman–Crippen LogP) is 3.23. The molecule has 1 aromatic heterocycles. The van der Waals surface area contributed by atoms with E-state index in [9.17, 15) is 12.8 Å². The number of nitrogens with two attached hydrogens (primary N) is 1. The maximum atomic E-state index is 14.8. The summed E-state index contributed by atoms with van der Waals surface area (Å²) in [6, 6.07) is 8.67. The van der Waals surface area contributed by atoms with Gasteiger partial charge in [0.25, 0.3) is 0 Å². The lowest BCUT2D eigenvalue weighted by Crippen LogP contribution is -2.30. The van der Waals surface area contributed by atoms with E-state index >= 15 is 0 Å². The molecule has 0 saturated carbocycles. The van der Waals surface area contributed by atoms with Crippen molar-refractivity contribution >= 4 is 15.8 Å². The molecule has 0 aliphatic heterocycles. The Hall–Kier alpha value is -3.04. The molecule has 0 aliphatic rings. The number of aromatic nitrogens is 2. The van der Waals surface area contributed by atoms with Crippen LogP contribution < -0.4 is 15.2 Å². The first-order valence-corrected chi connectivity index (χ1v) is 10.3. The van der Waals surface area contributed by atoms with E-state index in [0.717, 1.165) is 0 Å². The van der Waals surface area contributed by atoms with Crippen LogP contribution >= 0.6 is 0 Å². The highest BCUT2D eigenvalue weighted by molar-refractivity contribution is 7.89. The minimum Gasteiger partial charge on any atom is -0.497 e. The van der Waals surface area contributed by atoms with Crippen LogP contribution in [-0.2, 0) is 10.0 Å². The van der Waals surface area contributed by atoms with E-state index in [4.69, 9.17) is 10.5 Å². The maximum Gasteiger partial charge on any atom is 0.241 e. The van der Waals surface area contributed by atoms with Crippen LogP contribution in [0.25, 0.3) is 22.4 Å². The lowest BCUT2D eigenvalue weighted by Gasteiger charge is -2.15. The molecular weight excluding hydrogens is 395 g/mol. The number of ether oxygens (including phenoxy) is 1. The number of sulfonamides is 1. The monoisotopic (exact) mass is 416 g/mol. The van der Waals surface area contributed by atoms with E-state index in [1.165, 1.54) is 37.7 Å². The number of nitrogens with zero attached hydrogens (tertiary/aromatic N) is 2. The fraction of sp³-hybridized carbons (Fsp3) is 0.200. The van der Waals surface area contributed by atoms with E-state index in [1.807, 2.05) is 0 Å². The van der Waals surface area contributed by atoms with Crippen molar-refractivity contribution in [1.29, 1.82) is 0 Å². The quantitative estimate of drug-likeness (QED) is 0.639. The van der Waals surface area contributed by atoms with Gasteiger partial charge in [-0.2, -0.15) is 0 Å². The summed E-state index contributed by atoms with van der Waals surface area (Å²) in [6.07, 6.45) is 2.72. The third-order valence-corrected chi connectivity index (χ3v) is 5.81. The van der Waals surface area contributed by atoms with Gasteiger partial charge in [-0.05, 0) is 49.7 Å². The zero-order chi connectivity index (χ0) is 21.2. The van der Waals surface area contributed by atoms with Gasteiger partial charge in [0, 0.05) is 17.2 Å². The number of nitrogen functional groups attached to an aromatic ring is 1. The summed E-state index contributed by atoms with van der Waals surface area (Å²) in [7, 11) is -2.33. The number of anilines is 1. The van der Waals surface area contributed by atoms with Gasteiger partial charge in [0.15, 0.2) is 0 Å². The van der Waals surface area contributed by atoms with E-state index in [1.54, 1.807) is 32.0 Å². The Labute approximate surface area is 168 Å². The highest BCUT2D eigenvalue weighted by atomic mass is 32.2. The molecule has 1 heterocycles. The molecule has 3 N–H and O–H groups in total. The molecule has 0 unspecified atom stereocenters. The van der Waals surface area contributed by atoms with Gasteiger partial charge in [0.1, 0.15) is 17.4 Å². The van der Waals surface area contributed by atoms with Crippen molar-refractivity contribution in [1.82, 2.24) is 14.7 Å². The van der Waals surface area contributed by atoms with Gasteiger partial charge >= 0.3 is 0 Å². The second kappa shape index (κ2) is 8.14. The molecule has 7 nitrogen and oxygen atoms in total. The van der Waals surface area contributed by atoms with E-state index in [2.05, 4.69) is 14.7 Å². The minimum absolute atomic E-state index is 0.0337. The van der Waals surface area contributed by atoms with Crippen molar-refractivity contribution in [3.8, 4) is 28.1 Å². The van der Waals surface area contributed by atoms with Crippen LogP contribution in [0.2, 0.25) is 0 Å². The molecule has 0 amide bonds. The van der Waals surface area contributed by atoms with Crippen LogP contribution in [-0.4, -0.2) is 31.5 Å². The van der Waals surface area contributed by atoms with Gasteiger partial charge in [0.2, 0.25) is 10.0 Å². The van der Waals surface area contributed by atoms with E-state index in [-0.39, 0.29) is 22.3 Å². The number of methoxy groups -OCH3 is 1. The van der Waals surface area contributed by atoms with Gasteiger partial charge in [-0.1, -0.05) is 6.07 Å².